The lowest BCUT2D eigenvalue weighted by atomic mass is 10.1. The van der Waals surface area contributed by atoms with Crippen LogP contribution in [0.3, 0.4) is 0 Å². The van der Waals surface area contributed by atoms with Crippen LogP contribution in [0.4, 0.5) is 0 Å². The second kappa shape index (κ2) is 6.21. The first-order valence-corrected chi connectivity index (χ1v) is 7.57. The molecule has 2 atom stereocenters. The molecule has 2 amide bonds. The van der Waals surface area contributed by atoms with Crippen LogP contribution in [0.5, 0.6) is 0 Å². The largest absolute Gasteiger partial charge is 0.476 e. The van der Waals surface area contributed by atoms with Gasteiger partial charge in [-0.25, -0.2) is 9.78 Å². The summed E-state index contributed by atoms with van der Waals surface area (Å²) < 4.78 is 0. The monoisotopic (exact) mass is 311 g/mol. The molecule has 2 heterocycles. The number of thiazole rings is 1. The highest BCUT2D eigenvalue weighted by molar-refractivity contribution is 7.09. The number of aromatic carboxylic acids is 1. The van der Waals surface area contributed by atoms with Crippen molar-refractivity contribution in [2.75, 3.05) is 13.1 Å². The van der Waals surface area contributed by atoms with Crippen LogP contribution < -0.4 is 5.32 Å². The Balaban J connectivity index is 1.96. The van der Waals surface area contributed by atoms with Crippen molar-refractivity contribution in [3.63, 3.8) is 0 Å². The van der Waals surface area contributed by atoms with Gasteiger partial charge in [-0.05, 0) is 13.8 Å². The topological polar surface area (TPSA) is 99.6 Å². The molecule has 7 nitrogen and oxygen atoms in total. The molecule has 0 saturated carbocycles. The number of amides is 2. The molecule has 21 heavy (non-hydrogen) atoms. The number of rotatable bonds is 5. The zero-order valence-corrected chi connectivity index (χ0v) is 12.6. The molecule has 0 spiro atoms. The van der Waals surface area contributed by atoms with Gasteiger partial charge in [0.25, 0.3) is 0 Å². The first-order chi connectivity index (χ1) is 9.92. The van der Waals surface area contributed by atoms with Gasteiger partial charge in [0.05, 0.1) is 12.0 Å². The number of nitrogens with one attached hydrogen (secondary N) is 1. The summed E-state index contributed by atoms with van der Waals surface area (Å²) in [5.41, 5.74) is -0.0238. The van der Waals surface area contributed by atoms with Crippen molar-refractivity contribution in [2.45, 2.75) is 26.3 Å². The maximum Gasteiger partial charge on any atom is 0.355 e. The molecule has 1 saturated heterocycles. The Hall–Kier alpha value is -1.96. The fourth-order valence-electron chi connectivity index (χ4n) is 2.23. The highest BCUT2D eigenvalue weighted by Crippen LogP contribution is 2.21. The molecule has 2 unspecified atom stereocenters. The van der Waals surface area contributed by atoms with Crippen LogP contribution in [0.2, 0.25) is 0 Å². The van der Waals surface area contributed by atoms with Gasteiger partial charge in [-0.3, -0.25) is 9.59 Å². The Morgan fingerprint density at radius 1 is 1.62 bits per heavy atom. The lowest BCUT2D eigenvalue weighted by Crippen LogP contribution is -2.34. The SMILES string of the molecule is CCN1CC(C(=O)NC(C)c2nc(C(=O)O)cs2)CC1=O. The molecule has 114 valence electrons. The van der Waals surface area contributed by atoms with Crippen LogP contribution in [-0.2, 0) is 9.59 Å². The van der Waals surface area contributed by atoms with Crippen molar-refractivity contribution < 1.29 is 19.5 Å². The van der Waals surface area contributed by atoms with Crippen LogP contribution in [0.1, 0.15) is 41.8 Å². The Kier molecular flexibility index (Phi) is 4.56. The Morgan fingerprint density at radius 3 is 2.86 bits per heavy atom. The van der Waals surface area contributed by atoms with Gasteiger partial charge in [0.15, 0.2) is 5.69 Å². The normalized spacial score (nSPS) is 19.6. The molecule has 2 N–H and O–H groups in total. The highest BCUT2D eigenvalue weighted by atomic mass is 32.1. The molecular weight excluding hydrogens is 294 g/mol. The van der Waals surface area contributed by atoms with Gasteiger partial charge in [0.2, 0.25) is 11.8 Å². The van der Waals surface area contributed by atoms with Crippen LogP contribution in [-0.4, -0.2) is 45.9 Å². The molecule has 8 heteroatoms. The van der Waals surface area contributed by atoms with Crippen molar-refractivity contribution >= 4 is 29.1 Å². The third-order valence-corrected chi connectivity index (χ3v) is 4.46. The number of carboxylic acids is 1. The van der Waals surface area contributed by atoms with E-state index in [1.165, 1.54) is 16.7 Å². The summed E-state index contributed by atoms with van der Waals surface area (Å²) in [5, 5.41) is 13.6. The van der Waals surface area contributed by atoms with Crippen LogP contribution in [0, 0.1) is 5.92 Å². The van der Waals surface area contributed by atoms with Crippen molar-refractivity contribution in [3.05, 3.63) is 16.1 Å². The molecular formula is C13H17N3O4S. The quantitative estimate of drug-likeness (QED) is 0.841. The summed E-state index contributed by atoms with van der Waals surface area (Å²) >= 11 is 1.19. The van der Waals surface area contributed by atoms with Crippen molar-refractivity contribution in [2.24, 2.45) is 5.92 Å². The fourth-order valence-corrected chi connectivity index (χ4v) is 3.03. The molecule has 0 bridgehead atoms. The summed E-state index contributed by atoms with van der Waals surface area (Å²) in [6.07, 6.45) is 0.227. The van der Waals surface area contributed by atoms with E-state index in [-0.39, 0.29) is 35.9 Å². The average molecular weight is 311 g/mol. The molecule has 2 rings (SSSR count). The van der Waals surface area contributed by atoms with Crippen LogP contribution >= 0.6 is 11.3 Å². The van der Waals surface area contributed by atoms with Crippen molar-refractivity contribution in [1.29, 1.82) is 0 Å². The number of hydrogen-bond donors (Lipinski definition) is 2. The molecule has 0 aliphatic carbocycles. The van der Waals surface area contributed by atoms with E-state index in [9.17, 15) is 14.4 Å². The van der Waals surface area contributed by atoms with Gasteiger partial charge in [-0.2, -0.15) is 0 Å². The van der Waals surface area contributed by atoms with E-state index in [0.29, 0.717) is 18.1 Å². The Labute approximate surface area is 126 Å². The summed E-state index contributed by atoms with van der Waals surface area (Å²) in [6, 6.07) is -0.374. The number of nitrogens with zero attached hydrogens (tertiary/aromatic N) is 2. The third-order valence-electron chi connectivity index (χ3n) is 3.44. The minimum atomic E-state index is -1.09. The number of aromatic nitrogens is 1. The van der Waals surface area contributed by atoms with E-state index in [0.717, 1.165) is 0 Å². The zero-order chi connectivity index (χ0) is 15.6. The van der Waals surface area contributed by atoms with E-state index < -0.39 is 5.97 Å². The second-order valence-electron chi connectivity index (χ2n) is 4.94. The molecule has 1 aromatic heterocycles. The Bertz CT molecular complexity index is 572. The van der Waals surface area contributed by atoms with Crippen molar-refractivity contribution in [1.82, 2.24) is 15.2 Å². The molecule has 1 aromatic rings. The third kappa shape index (κ3) is 3.38. The smallest absolute Gasteiger partial charge is 0.355 e. The summed E-state index contributed by atoms with van der Waals surface area (Å²) in [4.78, 5) is 40.2. The molecule has 1 aliphatic rings. The minimum Gasteiger partial charge on any atom is -0.476 e. The number of carbonyl (C=O) groups is 3. The predicted molar refractivity (Wildman–Crippen MR) is 76.0 cm³/mol. The fraction of sp³-hybridized carbons (Fsp3) is 0.538. The highest BCUT2D eigenvalue weighted by Gasteiger charge is 2.34. The standard InChI is InChI=1S/C13H17N3O4S/c1-3-16-5-8(4-10(16)17)11(18)14-7(2)12-15-9(6-21-12)13(19)20/h6-8H,3-5H2,1-2H3,(H,14,18)(H,19,20). The summed E-state index contributed by atoms with van der Waals surface area (Å²) in [7, 11) is 0. The zero-order valence-electron chi connectivity index (χ0n) is 11.8. The van der Waals surface area contributed by atoms with Gasteiger partial charge < -0.3 is 15.3 Å². The molecule has 1 aliphatic heterocycles. The Morgan fingerprint density at radius 2 is 2.33 bits per heavy atom. The van der Waals surface area contributed by atoms with Crippen molar-refractivity contribution in [3.8, 4) is 0 Å². The number of carboxylic acid groups (broad SMARTS) is 1. The molecule has 0 radical (unpaired) electrons. The van der Waals surface area contributed by atoms with Crippen LogP contribution in [0.15, 0.2) is 5.38 Å². The summed E-state index contributed by atoms with van der Waals surface area (Å²) in [6.45, 7) is 4.67. The average Bonchev–Trinajstić information content (AvgIpc) is 3.04. The van der Waals surface area contributed by atoms with Crippen LogP contribution in [0.25, 0.3) is 0 Å². The van der Waals surface area contributed by atoms with E-state index in [4.69, 9.17) is 5.11 Å². The van der Waals surface area contributed by atoms with Gasteiger partial charge in [0, 0.05) is 24.9 Å². The lowest BCUT2D eigenvalue weighted by molar-refractivity contribution is -0.129. The number of hydrogen-bond acceptors (Lipinski definition) is 5. The van der Waals surface area contributed by atoms with Gasteiger partial charge in [0.1, 0.15) is 5.01 Å². The maximum atomic E-state index is 12.1. The van der Waals surface area contributed by atoms with E-state index in [2.05, 4.69) is 10.3 Å². The first kappa shape index (κ1) is 15.4. The number of likely N-dealkylation sites (tertiary alicyclic amines) is 1. The minimum absolute atomic E-state index is 0.00675. The second-order valence-corrected chi connectivity index (χ2v) is 5.83. The van der Waals surface area contributed by atoms with Gasteiger partial charge in [-0.15, -0.1) is 11.3 Å². The maximum absolute atomic E-state index is 12.1. The van der Waals surface area contributed by atoms with E-state index >= 15 is 0 Å². The number of carbonyl (C=O) groups excluding carboxylic acids is 2. The van der Waals surface area contributed by atoms with Gasteiger partial charge >= 0.3 is 5.97 Å². The van der Waals surface area contributed by atoms with E-state index in [1.807, 2.05) is 6.92 Å². The molecule has 1 fully saturated rings. The van der Waals surface area contributed by atoms with E-state index in [1.54, 1.807) is 11.8 Å². The summed E-state index contributed by atoms with van der Waals surface area (Å²) in [5.74, 6) is -1.64. The molecule has 0 aromatic carbocycles. The first-order valence-electron chi connectivity index (χ1n) is 6.69. The van der Waals surface area contributed by atoms with Gasteiger partial charge in [-0.1, -0.05) is 0 Å². The predicted octanol–water partition coefficient (Wildman–Crippen LogP) is 0.887. The lowest BCUT2D eigenvalue weighted by Gasteiger charge is -2.16.